The van der Waals surface area contributed by atoms with Crippen molar-refractivity contribution < 1.29 is 9.48 Å². The van der Waals surface area contributed by atoms with Gasteiger partial charge in [-0.15, -0.1) is 10.1 Å². The molecule has 1 saturated heterocycles. The Morgan fingerprint density at radius 2 is 1.76 bits per heavy atom. The van der Waals surface area contributed by atoms with Gasteiger partial charge in [0.15, 0.2) is 11.3 Å². The minimum atomic E-state index is -0.103. The summed E-state index contributed by atoms with van der Waals surface area (Å²) in [5.74, 6) is 0.124. The Morgan fingerprint density at radius 3 is 2.24 bits per heavy atom. The Morgan fingerprint density at radius 1 is 1.18 bits per heavy atom. The van der Waals surface area contributed by atoms with Gasteiger partial charge in [-0.2, -0.15) is 0 Å². The number of nitrogens with zero attached hydrogens (tertiary/aromatic N) is 1. The van der Waals surface area contributed by atoms with Crippen LogP contribution in [0.25, 0.3) is 0 Å². The van der Waals surface area contributed by atoms with Crippen LogP contribution in [0.4, 0.5) is 0 Å². The number of hydrogen-bond acceptors (Lipinski definition) is 1. The molecule has 3 heteroatoms. The first-order valence-corrected chi connectivity index (χ1v) is 6.07. The highest BCUT2D eigenvalue weighted by atomic mass is 16.2. The van der Waals surface area contributed by atoms with Crippen LogP contribution in [0.2, 0.25) is 0 Å². The van der Waals surface area contributed by atoms with Gasteiger partial charge in [0.25, 0.3) is 5.91 Å². The second kappa shape index (κ2) is 3.42. The summed E-state index contributed by atoms with van der Waals surface area (Å²) in [5.41, 5.74) is 6.96. The molecule has 1 aliphatic carbocycles. The van der Waals surface area contributed by atoms with E-state index < -0.39 is 0 Å². The van der Waals surface area contributed by atoms with Gasteiger partial charge in [-0.1, -0.05) is 24.3 Å². The lowest BCUT2D eigenvalue weighted by molar-refractivity contribution is -0.626. The summed E-state index contributed by atoms with van der Waals surface area (Å²) in [6.07, 6.45) is 2.49. The van der Waals surface area contributed by atoms with Crippen LogP contribution in [0.5, 0.6) is 0 Å². The fourth-order valence-corrected chi connectivity index (χ4v) is 2.86. The van der Waals surface area contributed by atoms with Crippen molar-refractivity contribution in [2.24, 2.45) is 0 Å². The summed E-state index contributed by atoms with van der Waals surface area (Å²) in [6.45, 7) is 4.22. The summed E-state index contributed by atoms with van der Waals surface area (Å²) in [5, 5.41) is 0. The summed E-state index contributed by atoms with van der Waals surface area (Å²) in [6, 6.07) is 8.51. The molecule has 0 saturated carbocycles. The zero-order chi connectivity index (χ0) is 12.0. The number of rotatable bonds is 0. The quantitative estimate of drug-likeness (QED) is 0.671. The van der Waals surface area contributed by atoms with Crippen LogP contribution in [0.15, 0.2) is 24.3 Å². The number of nitrogens with one attached hydrogen (secondary N) is 1. The maximum atomic E-state index is 11.5. The molecule has 1 amide bonds. The largest absolute Gasteiger partial charge is 0.281 e. The lowest BCUT2D eigenvalue weighted by atomic mass is 10.0. The molecule has 0 aromatic heterocycles. The first-order chi connectivity index (χ1) is 8.06. The van der Waals surface area contributed by atoms with Crippen LogP contribution >= 0.6 is 0 Å². The third kappa shape index (κ3) is 1.66. The normalized spacial score (nSPS) is 21.6. The summed E-state index contributed by atoms with van der Waals surface area (Å²) in [7, 11) is 0. The van der Waals surface area contributed by atoms with E-state index in [0.29, 0.717) is 6.42 Å². The Balaban J connectivity index is 2.01. The van der Waals surface area contributed by atoms with Crippen molar-refractivity contribution in [1.82, 2.24) is 5.43 Å². The maximum absolute atomic E-state index is 11.5. The number of hydrazone groups is 1. The first-order valence-electron chi connectivity index (χ1n) is 6.07. The lowest BCUT2D eigenvalue weighted by Gasteiger charge is -2.12. The second-order valence-electron chi connectivity index (χ2n) is 5.55. The van der Waals surface area contributed by atoms with E-state index in [1.165, 1.54) is 16.8 Å². The van der Waals surface area contributed by atoms with Crippen LogP contribution in [-0.4, -0.2) is 21.8 Å². The van der Waals surface area contributed by atoms with Crippen LogP contribution in [-0.2, 0) is 17.6 Å². The molecule has 88 valence electrons. The van der Waals surface area contributed by atoms with E-state index >= 15 is 0 Å². The number of hydrazine groups is 1. The minimum absolute atomic E-state index is 0.103. The van der Waals surface area contributed by atoms with Crippen molar-refractivity contribution in [2.45, 2.75) is 38.6 Å². The number of carbonyl (C=O) groups is 1. The van der Waals surface area contributed by atoms with Crippen LogP contribution in [0.3, 0.4) is 0 Å². The van der Waals surface area contributed by atoms with Gasteiger partial charge in [-0.25, -0.2) is 0 Å². The van der Waals surface area contributed by atoms with Crippen LogP contribution in [0, 0.1) is 0 Å². The molecule has 1 aliphatic heterocycles. The average Bonchev–Trinajstić information content (AvgIpc) is 2.78. The van der Waals surface area contributed by atoms with E-state index in [-0.39, 0.29) is 11.4 Å². The van der Waals surface area contributed by atoms with Gasteiger partial charge in [0, 0.05) is 13.8 Å². The van der Waals surface area contributed by atoms with E-state index in [2.05, 4.69) is 48.2 Å². The van der Waals surface area contributed by atoms with Crippen molar-refractivity contribution in [1.29, 1.82) is 0 Å². The Labute approximate surface area is 101 Å². The SMILES string of the molecule is CC1(C)CC(=O)N[N+]1=C1Cc2ccccc2C1. The highest BCUT2D eigenvalue weighted by molar-refractivity contribution is 5.90. The molecular formula is C14H17N2O+. The molecule has 0 unspecified atom stereocenters. The number of fused-ring (bicyclic) bond motifs is 1. The van der Waals surface area contributed by atoms with Gasteiger partial charge < -0.3 is 0 Å². The van der Waals surface area contributed by atoms with Crippen molar-refractivity contribution in [2.75, 3.05) is 0 Å². The van der Waals surface area contributed by atoms with Gasteiger partial charge in [0.05, 0.1) is 19.3 Å². The van der Waals surface area contributed by atoms with Crippen LogP contribution < -0.4 is 5.43 Å². The molecule has 1 fully saturated rings. The average molecular weight is 229 g/mol. The summed E-state index contributed by atoms with van der Waals surface area (Å²) >= 11 is 0. The zero-order valence-corrected chi connectivity index (χ0v) is 10.3. The number of hydrogen-bond donors (Lipinski definition) is 1. The van der Waals surface area contributed by atoms with E-state index in [9.17, 15) is 4.79 Å². The molecular weight excluding hydrogens is 212 g/mol. The molecule has 17 heavy (non-hydrogen) atoms. The molecule has 0 atom stereocenters. The molecule has 0 spiro atoms. The number of carbonyl (C=O) groups excluding carboxylic acids is 1. The summed E-state index contributed by atoms with van der Waals surface area (Å²) < 4.78 is 2.08. The van der Waals surface area contributed by atoms with Gasteiger partial charge in [-0.05, 0) is 11.1 Å². The molecule has 3 rings (SSSR count). The fourth-order valence-electron chi connectivity index (χ4n) is 2.86. The monoisotopic (exact) mass is 229 g/mol. The molecule has 3 nitrogen and oxygen atoms in total. The number of benzene rings is 1. The third-order valence-electron chi connectivity index (χ3n) is 3.66. The molecule has 0 bridgehead atoms. The molecule has 1 aromatic rings. The van der Waals surface area contributed by atoms with E-state index in [1.807, 2.05) is 0 Å². The zero-order valence-electron chi connectivity index (χ0n) is 10.3. The molecule has 1 heterocycles. The highest BCUT2D eigenvalue weighted by Gasteiger charge is 2.45. The van der Waals surface area contributed by atoms with Gasteiger partial charge >= 0.3 is 0 Å². The number of amides is 1. The molecule has 1 aromatic carbocycles. The van der Waals surface area contributed by atoms with Gasteiger partial charge in [-0.3, -0.25) is 4.79 Å². The Kier molecular flexibility index (Phi) is 2.12. The molecule has 0 radical (unpaired) electrons. The fraction of sp³-hybridized carbons (Fsp3) is 0.429. The van der Waals surface area contributed by atoms with E-state index in [1.54, 1.807) is 0 Å². The standard InChI is InChI=1S/C14H16N2O/c1-14(2)9-13(17)15-16(14)12-7-10-5-3-4-6-11(10)8-12/h3-6H,7-9H2,1-2H3/p+1. The smallest absolute Gasteiger partial charge is 0.269 e. The Hall–Kier alpha value is -1.64. The van der Waals surface area contributed by atoms with Crippen molar-refractivity contribution in [3.63, 3.8) is 0 Å². The maximum Gasteiger partial charge on any atom is 0.281 e. The predicted octanol–water partition coefficient (Wildman–Crippen LogP) is 1.45. The predicted molar refractivity (Wildman–Crippen MR) is 66.0 cm³/mol. The van der Waals surface area contributed by atoms with Crippen LogP contribution in [0.1, 0.15) is 31.4 Å². The van der Waals surface area contributed by atoms with Gasteiger partial charge in [0.2, 0.25) is 0 Å². The first kappa shape index (κ1) is 10.5. The molecule has 1 N–H and O–H groups in total. The Bertz CT molecular complexity index is 502. The second-order valence-corrected chi connectivity index (χ2v) is 5.55. The van der Waals surface area contributed by atoms with Crippen molar-refractivity contribution in [3.8, 4) is 0 Å². The van der Waals surface area contributed by atoms with E-state index in [0.717, 1.165) is 12.8 Å². The molecule has 2 aliphatic rings. The van der Waals surface area contributed by atoms with E-state index in [4.69, 9.17) is 0 Å². The topological polar surface area (TPSA) is 32.1 Å². The van der Waals surface area contributed by atoms with Gasteiger partial charge in [0.1, 0.15) is 0 Å². The minimum Gasteiger partial charge on any atom is -0.269 e. The lowest BCUT2D eigenvalue weighted by Crippen LogP contribution is -2.40. The third-order valence-corrected chi connectivity index (χ3v) is 3.66. The van der Waals surface area contributed by atoms with Crippen molar-refractivity contribution >= 4 is 11.6 Å². The highest BCUT2D eigenvalue weighted by Crippen LogP contribution is 2.25. The van der Waals surface area contributed by atoms with Crippen molar-refractivity contribution in [3.05, 3.63) is 35.4 Å². The summed E-state index contributed by atoms with van der Waals surface area (Å²) in [4.78, 5) is 11.5.